The zero-order valence-corrected chi connectivity index (χ0v) is 14.9. The van der Waals surface area contributed by atoms with Crippen molar-refractivity contribution >= 4 is 16.9 Å². The van der Waals surface area contributed by atoms with E-state index in [1.165, 1.54) is 12.4 Å². The summed E-state index contributed by atoms with van der Waals surface area (Å²) in [6.45, 7) is 4.16. The second-order valence-corrected chi connectivity index (χ2v) is 6.40. The van der Waals surface area contributed by atoms with Crippen LogP contribution in [0.25, 0.3) is 11.0 Å². The zero-order chi connectivity index (χ0) is 18.8. The monoisotopic (exact) mass is 349 g/mol. The van der Waals surface area contributed by atoms with Gasteiger partial charge < -0.3 is 9.88 Å². The summed E-state index contributed by atoms with van der Waals surface area (Å²) in [5, 5.41) is 13.3. The third-order valence-corrected chi connectivity index (χ3v) is 4.33. The molecule has 0 fully saturated rings. The van der Waals surface area contributed by atoms with Crippen LogP contribution < -0.4 is 5.43 Å². The number of fused-ring (bicyclic) bond motifs is 1. The number of nitrogens with zero attached hydrogens (tertiary/aromatic N) is 4. The van der Waals surface area contributed by atoms with Crippen LogP contribution in [-0.4, -0.2) is 31.6 Å². The van der Waals surface area contributed by atoms with Crippen molar-refractivity contribution in [3.63, 3.8) is 0 Å². The van der Waals surface area contributed by atoms with Gasteiger partial charge in [-0.25, -0.2) is 0 Å². The number of benzene rings is 1. The molecule has 26 heavy (non-hydrogen) atoms. The Balaban J connectivity index is 1.95. The molecule has 2 aromatic heterocycles. The molecule has 3 aromatic rings. The maximum absolute atomic E-state index is 13.0. The van der Waals surface area contributed by atoms with Crippen LogP contribution >= 0.6 is 0 Å². The Morgan fingerprint density at radius 1 is 1.35 bits per heavy atom. The van der Waals surface area contributed by atoms with Gasteiger partial charge in [-0.2, -0.15) is 10.4 Å². The molecule has 0 saturated heterocycles. The first kappa shape index (κ1) is 17.4. The Morgan fingerprint density at radius 2 is 2.04 bits per heavy atom. The predicted molar refractivity (Wildman–Crippen MR) is 97.5 cm³/mol. The number of rotatable bonds is 4. The quantitative estimate of drug-likeness (QED) is 0.781. The van der Waals surface area contributed by atoms with Gasteiger partial charge in [0.2, 0.25) is 5.43 Å². The highest BCUT2D eigenvalue weighted by Gasteiger charge is 2.23. The van der Waals surface area contributed by atoms with Gasteiger partial charge in [-0.15, -0.1) is 0 Å². The highest BCUT2D eigenvalue weighted by molar-refractivity contribution is 5.96. The van der Waals surface area contributed by atoms with E-state index in [-0.39, 0.29) is 22.9 Å². The van der Waals surface area contributed by atoms with Gasteiger partial charge in [0, 0.05) is 25.8 Å². The van der Waals surface area contributed by atoms with Gasteiger partial charge in [-0.05, 0) is 31.5 Å². The summed E-state index contributed by atoms with van der Waals surface area (Å²) in [5.41, 5.74) is 1.80. The molecule has 0 unspecified atom stereocenters. The summed E-state index contributed by atoms with van der Waals surface area (Å²) >= 11 is 0. The lowest BCUT2D eigenvalue weighted by Crippen LogP contribution is -2.38. The molecule has 7 heteroatoms. The summed E-state index contributed by atoms with van der Waals surface area (Å²) in [7, 11) is 1.73. The number of nitrogens with one attached hydrogen (secondary N) is 1. The molecule has 132 valence electrons. The molecule has 1 N–H and O–H groups in total. The number of aromatic nitrogens is 3. The van der Waals surface area contributed by atoms with Crippen molar-refractivity contribution in [3.8, 4) is 6.07 Å². The first-order valence-electron chi connectivity index (χ1n) is 8.25. The lowest BCUT2D eigenvalue weighted by molar-refractivity contribution is 0.0689. The summed E-state index contributed by atoms with van der Waals surface area (Å²) in [4.78, 5) is 30.3. The summed E-state index contributed by atoms with van der Waals surface area (Å²) in [6, 6.07) is 9.04. The Hall–Kier alpha value is -3.40. The molecule has 0 aliphatic carbocycles. The van der Waals surface area contributed by atoms with Crippen LogP contribution in [0.15, 0.2) is 41.5 Å². The molecule has 1 aromatic carbocycles. The number of H-pyrrole nitrogens is 1. The molecular formula is C19H19N5O2. The summed E-state index contributed by atoms with van der Waals surface area (Å²) in [6.07, 6.45) is 2.91. The van der Waals surface area contributed by atoms with E-state index >= 15 is 0 Å². The van der Waals surface area contributed by atoms with Gasteiger partial charge in [0.05, 0.1) is 23.2 Å². The van der Waals surface area contributed by atoms with Crippen LogP contribution in [0.4, 0.5) is 0 Å². The molecule has 0 aliphatic rings. The minimum Gasteiger partial charge on any atom is -0.345 e. The molecule has 3 rings (SSSR count). The maximum atomic E-state index is 13.0. The van der Waals surface area contributed by atoms with Crippen molar-refractivity contribution in [2.75, 3.05) is 0 Å². The summed E-state index contributed by atoms with van der Waals surface area (Å²) < 4.78 is 1.56. The van der Waals surface area contributed by atoms with Crippen LogP contribution in [0.2, 0.25) is 0 Å². The smallest absolute Gasteiger partial charge is 0.259 e. The van der Waals surface area contributed by atoms with E-state index < -0.39 is 0 Å². The van der Waals surface area contributed by atoms with E-state index in [4.69, 9.17) is 5.26 Å². The second kappa shape index (κ2) is 6.84. The van der Waals surface area contributed by atoms with E-state index in [0.29, 0.717) is 23.1 Å². The van der Waals surface area contributed by atoms with Gasteiger partial charge in [-0.3, -0.25) is 14.3 Å². The average Bonchev–Trinajstić information content (AvgIpc) is 3.01. The number of hydrogen-bond acceptors (Lipinski definition) is 4. The number of amides is 1. The first-order valence-corrected chi connectivity index (χ1v) is 8.25. The van der Waals surface area contributed by atoms with Crippen molar-refractivity contribution < 1.29 is 4.79 Å². The minimum atomic E-state index is -0.337. The summed E-state index contributed by atoms with van der Waals surface area (Å²) in [5.74, 6) is -0.337. The molecule has 1 amide bonds. The lowest BCUT2D eigenvalue weighted by atomic mass is 10.1. The van der Waals surface area contributed by atoms with Crippen LogP contribution in [0.3, 0.4) is 0 Å². The van der Waals surface area contributed by atoms with Crippen molar-refractivity contribution in [2.45, 2.75) is 26.4 Å². The molecule has 0 aliphatic heterocycles. The first-order chi connectivity index (χ1) is 12.4. The fourth-order valence-corrected chi connectivity index (χ4v) is 2.81. The highest BCUT2D eigenvalue weighted by Crippen LogP contribution is 2.14. The van der Waals surface area contributed by atoms with E-state index in [1.54, 1.807) is 28.8 Å². The molecular weight excluding hydrogens is 330 g/mol. The molecule has 0 saturated carbocycles. The molecule has 0 radical (unpaired) electrons. The van der Waals surface area contributed by atoms with Gasteiger partial charge in [0.1, 0.15) is 11.2 Å². The van der Waals surface area contributed by atoms with Crippen LogP contribution in [-0.2, 0) is 13.6 Å². The molecule has 2 heterocycles. The van der Waals surface area contributed by atoms with E-state index in [9.17, 15) is 9.59 Å². The maximum Gasteiger partial charge on any atom is 0.259 e. The Bertz CT molecular complexity index is 1050. The van der Waals surface area contributed by atoms with Crippen LogP contribution in [0.1, 0.15) is 35.3 Å². The van der Waals surface area contributed by atoms with Crippen LogP contribution in [0, 0.1) is 11.3 Å². The molecule has 0 atom stereocenters. The van der Waals surface area contributed by atoms with Gasteiger partial charge >= 0.3 is 0 Å². The predicted octanol–water partition coefficient (Wildman–Crippen LogP) is 2.18. The largest absolute Gasteiger partial charge is 0.345 e. The number of aryl methyl sites for hydroxylation is 1. The number of carbonyl (C=O) groups is 1. The van der Waals surface area contributed by atoms with Gasteiger partial charge in [-0.1, -0.05) is 12.1 Å². The Kier molecular flexibility index (Phi) is 4.59. The third-order valence-electron chi connectivity index (χ3n) is 4.33. The highest BCUT2D eigenvalue weighted by atomic mass is 16.2. The zero-order valence-electron chi connectivity index (χ0n) is 14.9. The van der Waals surface area contributed by atoms with Gasteiger partial charge in [0.25, 0.3) is 5.91 Å². The van der Waals surface area contributed by atoms with E-state index in [2.05, 4.69) is 16.2 Å². The van der Waals surface area contributed by atoms with Gasteiger partial charge in [0.15, 0.2) is 0 Å². The number of aromatic amines is 1. The second-order valence-electron chi connectivity index (χ2n) is 6.40. The van der Waals surface area contributed by atoms with Crippen molar-refractivity contribution in [1.29, 1.82) is 5.26 Å². The number of pyridine rings is 1. The molecule has 7 nitrogen and oxygen atoms in total. The fourth-order valence-electron chi connectivity index (χ4n) is 2.81. The SMILES string of the molecule is CC(C)N(Cc1ccc(C#N)cc1)C(=O)c1c[nH]c2c(cnn2C)c1=O. The number of nitriles is 1. The van der Waals surface area contributed by atoms with Crippen molar-refractivity contribution in [3.05, 3.63) is 63.6 Å². The molecule has 0 bridgehead atoms. The minimum absolute atomic E-state index is 0.0906. The Morgan fingerprint density at radius 3 is 2.65 bits per heavy atom. The van der Waals surface area contributed by atoms with E-state index in [1.807, 2.05) is 26.0 Å². The van der Waals surface area contributed by atoms with Crippen molar-refractivity contribution in [2.24, 2.45) is 7.05 Å². The number of hydrogen-bond donors (Lipinski definition) is 1. The van der Waals surface area contributed by atoms with Crippen LogP contribution in [0.5, 0.6) is 0 Å². The normalized spacial score (nSPS) is 10.9. The average molecular weight is 349 g/mol. The number of carbonyl (C=O) groups excluding carboxylic acids is 1. The lowest BCUT2D eigenvalue weighted by Gasteiger charge is -2.26. The standard InChI is InChI=1S/C19H19N5O2/c1-12(2)24(11-14-6-4-13(8-20)5-7-14)19(26)16-9-21-18-15(17(16)25)10-22-23(18)3/h4-7,9-10,12H,11H2,1-3H3,(H,21,25). The van der Waals surface area contributed by atoms with Crippen molar-refractivity contribution in [1.82, 2.24) is 19.7 Å². The fraction of sp³-hybridized carbons (Fsp3) is 0.263. The topological polar surface area (TPSA) is 94.8 Å². The molecule has 0 spiro atoms. The third kappa shape index (κ3) is 3.09. The Labute approximate surface area is 150 Å². The van der Waals surface area contributed by atoms with E-state index in [0.717, 1.165) is 5.56 Å².